The highest BCUT2D eigenvalue weighted by atomic mass is 79.9. The molecule has 142 valence electrons. The zero-order chi connectivity index (χ0) is 18.4. The van der Waals surface area contributed by atoms with Crippen LogP contribution in [-0.4, -0.2) is 27.8 Å². The number of halogens is 1. The average molecular weight is 441 g/mol. The molecule has 0 aliphatic heterocycles. The van der Waals surface area contributed by atoms with Crippen molar-refractivity contribution in [3.05, 3.63) is 11.1 Å². The van der Waals surface area contributed by atoms with Gasteiger partial charge in [-0.1, -0.05) is 15.9 Å². The summed E-state index contributed by atoms with van der Waals surface area (Å²) in [5, 5.41) is 5.34. The van der Waals surface area contributed by atoms with Gasteiger partial charge in [0.05, 0.1) is 18.7 Å². The van der Waals surface area contributed by atoms with Crippen LogP contribution in [0.15, 0.2) is 5.38 Å². The van der Waals surface area contributed by atoms with E-state index in [0.29, 0.717) is 23.9 Å². The number of nitrogens with zero attached hydrogens (tertiary/aromatic N) is 1. The van der Waals surface area contributed by atoms with Gasteiger partial charge in [0.15, 0.2) is 5.13 Å². The van der Waals surface area contributed by atoms with E-state index in [1.165, 1.54) is 43.4 Å². The van der Waals surface area contributed by atoms with Crippen molar-refractivity contribution in [3.63, 3.8) is 0 Å². The molecular weight excluding hydrogens is 416 g/mol. The first kappa shape index (κ1) is 18.4. The van der Waals surface area contributed by atoms with E-state index in [0.717, 1.165) is 18.3 Å². The molecule has 0 aromatic carbocycles. The standard InChI is InChI=1S/C19H25BrN2O3S/c1-2-25-16(24)4-14-10-26-17(21-14)22-15(23)9-18-5-12-3-13(6-18)8-19(20,7-12)11-18/h10,12-13H,2-9,11H2,1H3,(H,21,22,23)/t12-,13-,18?,19?/m1/s1. The summed E-state index contributed by atoms with van der Waals surface area (Å²) in [5.74, 6) is 1.32. The molecule has 1 aromatic heterocycles. The van der Waals surface area contributed by atoms with E-state index >= 15 is 0 Å². The van der Waals surface area contributed by atoms with E-state index in [-0.39, 0.29) is 28.0 Å². The normalized spacial score (nSPS) is 34.7. The molecule has 4 aliphatic carbocycles. The molecule has 1 N–H and O–H groups in total. The van der Waals surface area contributed by atoms with Gasteiger partial charge in [-0.2, -0.15) is 0 Å². The Hall–Kier alpha value is -0.950. The van der Waals surface area contributed by atoms with Crippen LogP contribution in [0.3, 0.4) is 0 Å². The summed E-state index contributed by atoms with van der Waals surface area (Å²) < 4.78 is 5.21. The third-order valence-corrected chi connectivity index (χ3v) is 7.81. The van der Waals surface area contributed by atoms with Gasteiger partial charge in [-0.3, -0.25) is 9.59 Å². The quantitative estimate of drug-likeness (QED) is 0.528. The van der Waals surface area contributed by atoms with Crippen LogP contribution < -0.4 is 5.32 Å². The second kappa shape index (κ2) is 6.89. The van der Waals surface area contributed by atoms with Crippen LogP contribution in [0, 0.1) is 17.3 Å². The number of carbonyl (C=O) groups excluding carboxylic acids is 2. The number of alkyl halides is 1. The lowest BCUT2D eigenvalue weighted by molar-refractivity contribution is -0.142. The molecule has 4 bridgehead atoms. The van der Waals surface area contributed by atoms with Crippen molar-refractivity contribution in [1.82, 2.24) is 4.98 Å². The fourth-order valence-corrected chi connectivity index (χ4v) is 8.09. The van der Waals surface area contributed by atoms with Crippen molar-refractivity contribution in [2.75, 3.05) is 11.9 Å². The van der Waals surface area contributed by atoms with Gasteiger partial charge < -0.3 is 10.1 Å². The summed E-state index contributed by atoms with van der Waals surface area (Å²) in [6, 6.07) is 0. The molecule has 26 heavy (non-hydrogen) atoms. The van der Waals surface area contributed by atoms with Crippen LogP contribution in [0.4, 0.5) is 5.13 Å². The molecule has 5 nitrogen and oxygen atoms in total. The van der Waals surface area contributed by atoms with Gasteiger partial charge in [0.2, 0.25) is 5.91 Å². The molecule has 0 unspecified atom stereocenters. The Labute approximate surface area is 166 Å². The van der Waals surface area contributed by atoms with Crippen LogP contribution in [0.5, 0.6) is 0 Å². The van der Waals surface area contributed by atoms with Gasteiger partial charge in [-0.15, -0.1) is 11.3 Å². The van der Waals surface area contributed by atoms with Crippen LogP contribution >= 0.6 is 27.3 Å². The van der Waals surface area contributed by atoms with Gasteiger partial charge in [0, 0.05) is 16.1 Å². The predicted molar refractivity (Wildman–Crippen MR) is 104 cm³/mol. The van der Waals surface area contributed by atoms with E-state index in [2.05, 4.69) is 26.2 Å². The largest absolute Gasteiger partial charge is 0.466 e. The predicted octanol–water partition coefficient (Wildman–Crippen LogP) is 4.31. The molecule has 1 amide bonds. The molecule has 4 fully saturated rings. The smallest absolute Gasteiger partial charge is 0.311 e. The Morgan fingerprint density at radius 2 is 2.08 bits per heavy atom. The SMILES string of the molecule is CCOC(=O)Cc1csc(NC(=O)CC23C[C@H]4C[C@@H](CC(Br)(C4)C2)C3)n1. The summed E-state index contributed by atoms with van der Waals surface area (Å²) in [4.78, 5) is 28.6. The van der Waals surface area contributed by atoms with E-state index in [9.17, 15) is 9.59 Å². The first-order valence-corrected chi connectivity index (χ1v) is 11.1. The second-order valence-electron chi connectivity index (χ2n) is 8.46. The van der Waals surface area contributed by atoms with E-state index in [1.54, 1.807) is 6.92 Å². The number of anilines is 1. The van der Waals surface area contributed by atoms with Crippen LogP contribution in [0.2, 0.25) is 0 Å². The number of nitrogens with one attached hydrogen (secondary N) is 1. The summed E-state index contributed by atoms with van der Waals surface area (Å²) in [5.41, 5.74) is 0.806. The van der Waals surface area contributed by atoms with Crippen LogP contribution in [0.1, 0.15) is 57.6 Å². The van der Waals surface area contributed by atoms with Crippen LogP contribution in [-0.2, 0) is 20.7 Å². The lowest BCUT2D eigenvalue weighted by atomic mass is 9.48. The summed E-state index contributed by atoms with van der Waals surface area (Å²) in [6.45, 7) is 2.15. The lowest BCUT2D eigenvalue weighted by Gasteiger charge is -2.60. The zero-order valence-corrected chi connectivity index (χ0v) is 17.5. The Kier molecular flexibility index (Phi) is 4.88. The Balaban J connectivity index is 1.36. The Morgan fingerprint density at radius 3 is 2.73 bits per heavy atom. The maximum absolute atomic E-state index is 12.7. The second-order valence-corrected chi connectivity index (χ2v) is 11.0. The topological polar surface area (TPSA) is 68.3 Å². The van der Waals surface area contributed by atoms with Gasteiger partial charge in [0.1, 0.15) is 0 Å². The number of thiazole rings is 1. The number of carbonyl (C=O) groups is 2. The fraction of sp³-hybridized carbons (Fsp3) is 0.737. The van der Waals surface area contributed by atoms with Gasteiger partial charge in [-0.25, -0.2) is 4.98 Å². The maximum Gasteiger partial charge on any atom is 0.311 e. The Morgan fingerprint density at radius 1 is 1.35 bits per heavy atom. The summed E-state index contributed by atoms with van der Waals surface area (Å²) >= 11 is 5.37. The third kappa shape index (κ3) is 3.84. The number of ether oxygens (including phenoxy) is 1. The minimum atomic E-state index is -0.285. The number of hydrogen-bond acceptors (Lipinski definition) is 5. The van der Waals surface area contributed by atoms with E-state index in [1.807, 2.05) is 5.38 Å². The minimum Gasteiger partial charge on any atom is -0.466 e. The van der Waals surface area contributed by atoms with Crippen molar-refractivity contribution >= 4 is 44.3 Å². The fourth-order valence-electron chi connectivity index (χ4n) is 5.85. The highest BCUT2D eigenvalue weighted by molar-refractivity contribution is 9.10. The first-order chi connectivity index (χ1) is 12.4. The molecule has 5 rings (SSSR count). The molecule has 2 atom stereocenters. The number of rotatable bonds is 6. The Bertz CT molecular complexity index is 705. The van der Waals surface area contributed by atoms with Gasteiger partial charge in [0.25, 0.3) is 0 Å². The molecule has 4 saturated carbocycles. The minimum absolute atomic E-state index is 0.0556. The number of esters is 1. The molecule has 4 aliphatic rings. The lowest BCUT2D eigenvalue weighted by Crippen LogP contribution is -2.53. The number of hydrogen-bond donors (Lipinski definition) is 1. The molecule has 0 radical (unpaired) electrons. The summed E-state index contributed by atoms with van der Waals surface area (Å²) in [6.07, 6.45) is 8.13. The third-order valence-electron chi connectivity index (χ3n) is 6.08. The maximum atomic E-state index is 12.7. The average Bonchev–Trinajstić information content (AvgIpc) is 2.90. The van der Waals surface area contributed by atoms with E-state index in [4.69, 9.17) is 4.74 Å². The highest BCUT2D eigenvalue weighted by Gasteiger charge is 2.57. The van der Waals surface area contributed by atoms with Gasteiger partial charge >= 0.3 is 5.97 Å². The van der Waals surface area contributed by atoms with Crippen molar-refractivity contribution in [3.8, 4) is 0 Å². The molecule has 7 heteroatoms. The van der Waals surface area contributed by atoms with Crippen molar-refractivity contribution < 1.29 is 14.3 Å². The molecule has 1 heterocycles. The van der Waals surface area contributed by atoms with Crippen molar-refractivity contribution in [1.29, 1.82) is 0 Å². The number of amides is 1. The molecule has 0 spiro atoms. The van der Waals surface area contributed by atoms with Gasteiger partial charge in [-0.05, 0) is 62.7 Å². The number of aromatic nitrogens is 1. The molecule has 1 aromatic rings. The summed E-state index contributed by atoms with van der Waals surface area (Å²) in [7, 11) is 0. The van der Waals surface area contributed by atoms with E-state index < -0.39 is 0 Å². The monoisotopic (exact) mass is 440 g/mol. The van der Waals surface area contributed by atoms with Crippen molar-refractivity contribution in [2.45, 2.75) is 62.6 Å². The van der Waals surface area contributed by atoms with Crippen molar-refractivity contribution in [2.24, 2.45) is 17.3 Å². The first-order valence-electron chi connectivity index (χ1n) is 9.46. The molecule has 0 saturated heterocycles. The van der Waals surface area contributed by atoms with Crippen LogP contribution in [0.25, 0.3) is 0 Å². The zero-order valence-electron chi connectivity index (χ0n) is 15.1. The highest BCUT2D eigenvalue weighted by Crippen LogP contribution is 2.65. The molecular formula is C19H25BrN2O3S.